The summed E-state index contributed by atoms with van der Waals surface area (Å²) in [4.78, 5) is 130. The van der Waals surface area contributed by atoms with Crippen molar-refractivity contribution in [2.24, 2.45) is 0 Å². The van der Waals surface area contributed by atoms with Crippen molar-refractivity contribution >= 4 is 131 Å². The molecule has 8 fully saturated rings. The van der Waals surface area contributed by atoms with Gasteiger partial charge >= 0.3 is 0 Å². The molecule has 29 nitrogen and oxygen atoms in total. The average Bonchev–Trinajstić information content (AvgIpc) is 1.68. The monoisotopic (exact) mass is 1870 g/mol. The lowest BCUT2D eigenvalue weighted by Crippen LogP contribution is -2.45. The van der Waals surface area contributed by atoms with Crippen LogP contribution in [0.25, 0.3) is 48.6 Å². The number of fused-ring (bicyclic) bond motifs is 8. The van der Waals surface area contributed by atoms with E-state index in [9.17, 15) is 38.4 Å². The number of aromatic nitrogens is 8. The quantitative estimate of drug-likeness (QED) is 0.0675. The Bertz CT molecular complexity index is 5450. The van der Waals surface area contributed by atoms with Crippen molar-refractivity contribution in [1.29, 1.82) is 0 Å². The lowest BCUT2D eigenvalue weighted by Gasteiger charge is -2.24. The van der Waals surface area contributed by atoms with Gasteiger partial charge in [-0.2, -0.15) is 0 Å². The van der Waals surface area contributed by atoms with Crippen LogP contribution in [0.1, 0.15) is 181 Å². The molecular formula is C104H98N18O11S3. The third-order valence-electron chi connectivity index (χ3n) is 23.5. The molecule has 688 valence electrons. The Morgan fingerprint density at radius 2 is 0.618 bits per heavy atom. The summed E-state index contributed by atoms with van der Waals surface area (Å²) < 4.78 is 16.4. The zero-order valence-electron chi connectivity index (χ0n) is 74.4. The molecule has 0 spiro atoms. The van der Waals surface area contributed by atoms with Crippen LogP contribution in [0.2, 0.25) is 0 Å². The van der Waals surface area contributed by atoms with Gasteiger partial charge in [0.25, 0.3) is 17.7 Å². The van der Waals surface area contributed by atoms with E-state index in [2.05, 4.69) is 225 Å². The first-order valence-electron chi connectivity index (χ1n) is 44.2. The molecular weight excluding hydrogens is 1770 g/mol. The maximum atomic E-state index is 11.9. The minimum Gasteiger partial charge on any atom is -0.357 e. The molecule has 8 aromatic heterocycles. The number of ether oxygens (including phenoxy) is 3. The molecule has 8 aromatic rings. The highest BCUT2D eigenvalue weighted by Gasteiger charge is 2.36. The lowest BCUT2D eigenvalue weighted by atomic mass is 10.1. The molecule has 10 N–H and O–H groups in total. The zero-order valence-corrected chi connectivity index (χ0v) is 76.8. The van der Waals surface area contributed by atoms with Gasteiger partial charge in [0.05, 0.1) is 82.5 Å². The molecule has 8 aliphatic carbocycles. The van der Waals surface area contributed by atoms with Crippen LogP contribution < -0.4 is 53.2 Å². The topological polar surface area (TPSA) is 388 Å². The fourth-order valence-corrected chi connectivity index (χ4v) is 19.5. The summed E-state index contributed by atoms with van der Waals surface area (Å²) >= 11 is 4.76. The predicted molar refractivity (Wildman–Crippen MR) is 527 cm³/mol. The molecule has 0 bridgehead atoms. The molecule has 8 amide bonds. The molecule has 8 unspecified atom stereocenters. The molecule has 16 aliphatic rings. The van der Waals surface area contributed by atoms with Crippen LogP contribution in [0, 0.1) is 0 Å². The molecule has 136 heavy (non-hydrogen) atoms. The van der Waals surface area contributed by atoms with Crippen molar-refractivity contribution in [3.05, 3.63) is 379 Å². The first-order valence-corrected chi connectivity index (χ1v) is 47.4. The smallest absolute Gasteiger partial charge is 0.259 e. The number of carbonyl (C=O) groups excluding carboxylic acids is 8. The van der Waals surface area contributed by atoms with Gasteiger partial charge in [0, 0.05) is 125 Å². The van der Waals surface area contributed by atoms with E-state index in [0.717, 1.165) is 170 Å². The molecule has 0 saturated carbocycles. The van der Waals surface area contributed by atoms with E-state index in [1.807, 2.05) is 110 Å². The second-order valence-electron chi connectivity index (χ2n) is 33.7. The highest BCUT2D eigenvalue weighted by atomic mass is 32.2. The predicted octanol–water partition coefficient (Wildman–Crippen LogP) is 12.1. The Balaban J connectivity index is 0.000000108. The summed E-state index contributed by atoms with van der Waals surface area (Å²) in [6.45, 7) is 31.9. The minimum atomic E-state index is -0.625. The third kappa shape index (κ3) is 22.5. The van der Waals surface area contributed by atoms with Gasteiger partial charge in [-0.15, -0.1) is 35.3 Å². The number of pyridine rings is 8. The Morgan fingerprint density at radius 3 is 1.09 bits per heavy atom. The van der Waals surface area contributed by atoms with Crippen LogP contribution >= 0.6 is 35.3 Å². The normalized spacial score (nSPS) is 22.5. The second kappa shape index (κ2) is 42.5. The molecule has 8 aliphatic heterocycles. The maximum Gasteiger partial charge on any atom is 0.259 e. The first-order chi connectivity index (χ1) is 65.9. The molecule has 0 radical (unpaired) electrons. The van der Waals surface area contributed by atoms with Crippen molar-refractivity contribution in [3.8, 4) is 0 Å². The minimum absolute atomic E-state index is 0.00924. The van der Waals surface area contributed by atoms with Crippen LogP contribution in [0.3, 0.4) is 0 Å². The van der Waals surface area contributed by atoms with E-state index < -0.39 is 18.3 Å². The van der Waals surface area contributed by atoms with Gasteiger partial charge in [0.1, 0.15) is 27.8 Å². The van der Waals surface area contributed by atoms with Gasteiger partial charge in [-0.1, -0.05) is 150 Å². The van der Waals surface area contributed by atoms with Crippen molar-refractivity contribution in [1.82, 2.24) is 93.0 Å². The average molecular weight is 1870 g/mol. The standard InChI is InChI=1S/2C13H13N3O.3C13H12N2O2.3C13H12N2OS/c1-8-6-15-12(13(17)16-8)11-5-9-3-2-4-10(9)7-14-11;1-8-7-14-12(13(17)15-8)11-6-5-9-3-2-4-10(9)16-11;1-8-7-17-12(13(16)15-8)10-5-9-3-2-4-11(9)14-6-10;1-8-7-17-12(13(16)15-8)11-5-9-3-2-4-10(9)6-14-11;1-8-7-17-12(13(16)14-8)11-6-5-9-3-2-4-10(9)15-11;1-8-7-17-12(13(16)15-8)10-5-9-3-2-4-11(9)14-6-10;1-8-7-17-12(13(16)15-8)11-5-9-3-2-4-10(9)6-14-11;1-8-7-17-12(13(16)14-8)11-6-5-9-3-2-4-10(9)15-11/h2-3,5,7,12,15H,1,4,6H2,(H,16,17);2,4-6,12,14H,1,3,7H2,(H,15,17);2*2-3,5-6,12H,1,4,7H2,(H,15,16);2,4-6,12H,1,3,7H2,(H,14,16);2*2-3,5-6,12H,1,4,7H2,(H,15,16);2,4-6,12H,1,3,7H2,(H,14,16). The summed E-state index contributed by atoms with van der Waals surface area (Å²) in [5.74, 6) is 1.51. The van der Waals surface area contributed by atoms with Gasteiger partial charge < -0.3 is 56.7 Å². The van der Waals surface area contributed by atoms with E-state index in [-0.39, 0.29) is 75.1 Å². The van der Waals surface area contributed by atoms with E-state index in [1.54, 1.807) is 41.5 Å². The first kappa shape index (κ1) is 93.5. The highest BCUT2D eigenvalue weighted by molar-refractivity contribution is 8.01. The Morgan fingerprint density at radius 1 is 0.279 bits per heavy atom. The number of thioether (sulfide) groups is 3. The maximum absolute atomic E-state index is 11.9. The molecule has 24 rings (SSSR count). The summed E-state index contributed by atoms with van der Waals surface area (Å²) in [5.41, 5.74) is 29.8. The number of morpholine rings is 3. The van der Waals surface area contributed by atoms with E-state index in [0.29, 0.717) is 72.8 Å². The van der Waals surface area contributed by atoms with Crippen LogP contribution in [0.15, 0.2) is 245 Å². The Kier molecular flexibility index (Phi) is 29.2. The summed E-state index contributed by atoms with van der Waals surface area (Å²) in [5, 5.41) is 27.6. The van der Waals surface area contributed by atoms with E-state index >= 15 is 0 Å². The van der Waals surface area contributed by atoms with Gasteiger partial charge in [-0.05, 0) is 172 Å². The second-order valence-corrected chi connectivity index (χ2v) is 37.0. The summed E-state index contributed by atoms with van der Waals surface area (Å²) in [6, 6.07) is 21.0. The van der Waals surface area contributed by atoms with Crippen molar-refractivity contribution < 1.29 is 52.6 Å². The third-order valence-corrected chi connectivity index (χ3v) is 27.4. The largest absolute Gasteiger partial charge is 0.357 e. The SMILES string of the molecule is C=C1CNC(c2cc3c(cn2)CC=C3)C(=O)N1.C=C1CNC(c2ccc3c(n2)C=CC3)C(=O)N1.C=C1COC(c2cc3c(cn2)CC=C3)C(=O)N1.C=C1COC(c2ccc3c(n2)C=CC3)C(=O)N1.C=C1COC(c2cnc3c(c2)C=CC3)C(=O)N1.C=C1CSC(c2cc3c(cn2)CC=C3)C(=O)N1.C=C1CSC(c2ccc3c(n2)C=CC3)C(=O)N1.C=C1CSC(c2cnc3c(c2)C=CC3)C(=O)N1. The summed E-state index contributed by atoms with van der Waals surface area (Å²) in [6.07, 6.45) is 47.6. The zero-order chi connectivity index (χ0) is 94.6. The number of hydrogen-bond acceptors (Lipinski definition) is 24. The molecule has 32 heteroatoms. The van der Waals surface area contributed by atoms with Crippen molar-refractivity contribution in [3.63, 3.8) is 0 Å². The van der Waals surface area contributed by atoms with E-state index in [4.69, 9.17) is 14.2 Å². The van der Waals surface area contributed by atoms with Gasteiger partial charge in [-0.3, -0.25) is 83.9 Å². The summed E-state index contributed by atoms with van der Waals surface area (Å²) in [7, 11) is 0. The molecule has 0 aromatic carbocycles. The van der Waals surface area contributed by atoms with Crippen molar-refractivity contribution in [2.75, 3.05) is 50.2 Å². The highest BCUT2D eigenvalue weighted by Crippen LogP contribution is 2.39. The number of carbonyl (C=O) groups is 8. The number of nitrogens with zero attached hydrogens (tertiary/aromatic N) is 8. The lowest BCUT2D eigenvalue weighted by molar-refractivity contribution is -0.136. The van der Waals surface area contributed by atoms with Gasteiger partial charge in [0.2, 0.25) is 29.5 Å². The van der Waals surface area contributed by atoms with Gasteiger partial charge in [-0.25, -0.2) is 4.98 Å². The number of nitrogens with one attached hydrogen (secondary N) is 10. The number of rotatable bonds is 8. The Hall–Kier alpha value is -14.4. The molecule has 8 atom stereocenters. The Labute approximate surface area is 798 Å². The van der Waals surface area contributed by atoms with Crippen LogP contribution in [-0.2, 0) is 104 Å². The number of allylic oxidation sites excluding steroid dienone is 8. The number of piperazine rings is 2. The van der Waals surface area contributed by atoms with Gasteiger partial charge in [0.15, 0.2) is 18.3 Å². The van der Waals surface area contributed by atoms with Crippen molar-refractivity contribution in [2.45, 2.75) is 97.5 Å². The molecule has 16 heterocycles. The fourth-order valence-electron chi connectivity index (χ4n) is 16.6. The number of hydrogen-bond donors (Lipinski definition) is 10. The van der Waals surface area contributed by atoms with E-state index in [1.165, 1.54) is 38.9 Å². The number of amides is 8. The fraction of sp³-hybridized carbons (Fsp3) is 0.231. The van der Waals surface area contributed by atoms with Crippen LogP contribution in [0.4, 0.5) is 0 Å². The van der Waals surface area contributed by atoms with Crippen LogP contribution in [-0.4, -0.2) is 137 Å². The van der Waals surface area contributed by atoms with Crippen LogP contribution in [0.5, 0.6) is 0 Å². The molecule has 8 saturated heterocycles.